The summed E-state index contributed by atoms with van der Waals surface area (Å²) in [6.45, 7) is 6.47. The van der Waals surface area contributed by atoms with Crippen LogP contribution in [0.3, 0.4) is 0 Å². The molecule has 1 spiro atoms. The number of benzene rings is 1. The maximum Gasteiger partial charge on any atom is 0.312 e. The number of rotatable bonds is 10. The number of ether oxygens (including phenoxy) is 2. The van der Waals surface area contributed by atoms with Crippen molar-refractivity contribution in [2.45, 2.75) is 48.9 Å². The van der Waals surface area contributed by atoms with E-state index in [1.807, 2.05) is 30.3 Å². The van der Waals surface area contributed by atoms with Gasteiger partial charge in [-0.3, -0.25) is 14.4 Å². The van der Waals surface area contributed by atoms with Crippen molar-refractivity contribution in [1.82, 2.24) is 9.80 Å². The van der Waals surface area contributed by atoms with E-state index in [-0.39, 0.29) is 36.4 Å². The second kappa shape index (κ2) is 10.2. The fourth-order valence-corrected chi connectivity index (χ4v) is 6.71. The molecule has 184 valence electrons. The number of halogens is 1. The summed E-state index contributed by atoms with van der Waals surface area (Å²) in [4.78, 5) is 43.7. The summed E-state index contributed by atoms with van der Waals surface area (Å²) >= 11 is 3.63. The lowest BCUT2D eigenvalue weighted by atomic mass is 9.70. The molecule has 3 fully saturated rings. The lowest BCUT2D eigenvalue weighted by molar-refractivity contribution is -0.155. The molecule has 6 atom stereocenters. The highest BCUT2D eigenvalue weighted by atomic mass is 79.9. The Balaban J connectivity index is 1.72. The van der Waals surface area contributed by atoms with E-state index in [0.29, 0.717) is 25.9 Å². The summed E-state index contributed by atoms with van der Waals surface area (Å²) in [6, 6.07) is 8.72. The van der Waals surface area contributed by atoms with E-state index in [1.165, 1.54) is 4.90 Å². The summed E-state index contributed by atoms with van der Waals surface area (Å²) in [5.41, 5.74) is -0.173. The van der Waals surface area contributed by atoms with Crippen LogP contribution >= 0.6 is 15.9 Å². The van der Waals surface area contributed by atoms with Gasteiger partial charge in [0.25, 0.3) is 0 Å². The Kier molecular flexibility index (Phi) is 7.45. The zero-order chi connectivity index (χ0) is 24.5. The first-order valence-corrected chi connectivity index (χ1v) is 12.6. The number of aliphatic hydroxyl groups excluding tert-OH is 1. The van der Waals surface area contributed by atoms with Gasteiger partial charge in [0, 0.05) is 31.1 Å². The number of carbonyl (C=O) groups is 3. The highest BCUT2D eigenvalue weighted by molar-refractivity contribution is 9.09. The van der Waals surface area contributed by atoms with Crippen molar-refractivity contribution in [1.29, 1.82) is 0 Å². The summed E-state index contributed by atoms with van der Waals surface area (Å²) in [6.07, 6.45) is 1.88. The molecule has 0 aromatic heterocycles. The Labute approximate surface area is 208 Å². The van der Waals surface area contributed by atoms with Gasteiger partial charge in [-0.1, -0.05) is 52.3 Å². The highest BCUT2D eigenvalue weighted by Crippen LogP contribution is 2.60. The van der Waals surface area contributed by atoms with Crippen LogP contribution in [0.1, 0.15) is 25.3 Å². The second-order valence-electron chi connectivity index (χ2n) is 9.02. The number of nitrogens with zero attached hydrogens (tertiary/aromatic N) is 2. The molecule has 1 N–H and O–H groups in total. The predicted molar refractivity (Wildman–Crippen MR) is 128 cm³/mol. The summed E-state index contributed by atoms with van der Waals surface area (Å²) in [5, 5.41) is 9.45. The number of fused-ring (bicyclic) bond motifs is 1. The van der Waals surface area contributed by atoms with Gasteiger partial charge in [0.1, 0.15) is 11.6 Å². The molecule has 3 aliphatic heterocycles. The van der Waals surface area contributed by atoms with E-state index in [4.69, 9.17) is 9.47 Å². The monoisotopic (exact) mass is 534 g/mol. The first-order chi connectivity index (χ1) is 16.4. The molecule has 3 aliphatic rings. The zero-order valence-electron chi connectivity index (χ0n) is 19.3. The van der Waals surface area contributed by atoms with Crippen LogP contribution in [0.15, 0.2) is 43.0 Å². The standard InChI is InChI=1S/C25H31BrN2O6/c1-3-11-27(15-16-9-6-5-7-10-16)23(31)21-25-14-17(26)20(34-25)18(24(32)33-4-2)19(25)22(30)28(21)12-8-13-29/h3,5-7,9-10,17-21,29H,1,4,8,11-15H2,2H3/t17?,18-,19+,20-,21-,25+/m1/s1. The third kappa shape index (κ3) is 4.07. The molecule has 8 nitrogen and oxygen atoms in total. The van der Waals surface area contributed by atoms with Crippen molar-refractivity contribution in [2.75, 3.05) is 26.3 Å². The van der Waals surface area contributed by atoms with Crippen LogP contribution in [0.25, 0.3) is 0 Å². The van der Waals surface area contributed by atoms with Gasteiger partial charge in [-0.15, -0.1) is 6.58 Å². The number of amides is 2. The van der Waals surface area contributed by atoms with Gasteiger partial charge in [0.15, 0.2) is 0 Å². The van der Waals surface area contributed by atoms with Crippen LogP contribution in [0.5, 0.6) is 0 Å². The fourth-order valence-electron chi connectivity index (χ4n) is 5.76. The normalized spacial score (nSPS) is 31.4. The van der Waals surface area contributed by atoms with E-state index in [2.05, 4.69) is 22.5 Å². The lowest BCUT2D eigenvalue weighted by Crippen LogP contribution is -2.56. The van der Waals surface area contributed by atoms with Crippen molar-refractivity contribution in [2.24, 2.45) is 11.8 Å². The molecule has 3 heterocycles. The third-order valence-electron chi connectivity index (χ3n) is 7.02. The van der Waals surface area contributed by atoms with Crippen molar-refractivity contribution in [3.05, 3.63) is 48.6 Å². The Hall–Kier alpha value is -2.23. The molecule has 1 aromatic carbocycles. The molecule has 2 bridgehead atoms. The maximum atomic E-state index is 14.1. The van der Waals surface area contributed by atoms with Gasteiger partial charge < -0.3 is 24.4 Å². The predicted octanol–water partition coefficient (Wildman–Crippen LogP) is 1.89. The molecule has 9 heteroatoms. The molecule has 1 aromatic rings. The number of likely N-dealkylation sites (tertiary alicyclic amines) is 1. The summed E-state index contributed by atoms with van der Waals surface area (Å²) in [5.74, 6) is -2.57. The van der Waals surface area contributed by atoms with Crippen LogP contribution in [0.4, 0.5) is 0 Å². The number of hydrogen-bond acceptors (Lipinski definition) is 6. The minimum atomic E-state index is -1.13. The minimum absolute atomic E-state index is 0.116. The first-order valence-electron chi connectivity index (χ1n) is 11.7. The van der Waals surface area contributed by atoms with Crippen LogP contribution in [0.2, 0.25) is 0 Å². The molecule has 0 aliphatic carbocycles. The Morgan fingerprint density at radius 3 is 2.76 bits per heavy atom. The minimum Gasteiger partial charge on any atom is -0.466 e. The van der Waals surface area contributed by atoms with E-state index in [0.717, 1.165) is 5.56 Å². The average molecular weight is 535 g/mol. The SMILES string of the molecule is C=CCN(Cc1ccccc1)C(=O)[C@H]1N(CCCO)C(=O)[C@@H]2[C@@H](C(=O)OCC)[C@@H]3O[C@@]21CC3Br. The van der Waals surface area contributed by atoms with Gasteiger partial charge >= 0.3 is 5.97 Å². The summed E-state index contributed by atoms with van der Waals surface area (Å²) in [7, 11) is 0. The number of carbonyl (C=O) groups excluding carboxylic acids is 3. The third-order valence-corrected chi connectivity index (χ3v) is 7.86. The molecule has 34 heavy (non-hydrogen) atoms. The molecule has 2 amide bonds. The number of esters is 1. The fraction of sp³-hybridized carbons (Fsp3) is 0.560. The maximum absolute atomic E-state index is 14.1. The Morgan fingerprint density at radius 2 is 2.12 bits per heavy atom. The molecule has 4 rings (SSSR count). The number of alkyl halides is 1. The lowest BCUT2D eigenvalue weighted by Gasteiger charge is -2.37. The van der Waals surface area contributed by atoms with E-state index in [9.17, 15) is 19.5 Å². The number of hydrogen-bond donors (Lipinski definition) is 1. The Morgan fingerprint density at radius 1 is 1.38 bits per heavy atom. The van der Waals surface area contributed by atoms with Gasteiger partial charge in [0.05, 0.1) is 24.5 Å². The van der Waals surface area contributed by atoms with Gasteiger partial charge in [-0.2, -0.15) is 0 Å². The smallest absolute Gasteiger partial charge is 0.312 e. The van der Waals surface area contributed by atoms with E-state index in [1.54, 1.807) is 17.9 Å². The molecule has 0 radical (unpaired) electrons. The van der Waals surface area contributed by atoms with Gasteiger partial charge in [-0.25, -0.2) is 0 Å². The van der Waals surface area contributed by atoms with Crippen molar-refractivity contribution in [3.8, 4) is 0 Å². The largest absolute Gasteiger partial charge is 0.466 e. The van der Waals surface area contributed by atoms with Crippen molar-refractivity contribution in [3.63, 3.8) is 0 Å². The van der Waals surface area contributed by atoms with Crippen LogP contribution in [0, 0.1) is 11.8 Å². The van der Waals surface area contributed by atoms with E-state index >= 15 is 0 Å². The highest BCUT2D eigenvalue weighted by Gasteiger charge is 2.77. The number of aliphatic hydroxyl groups is 1. The van der Waals surface area contributed by atoms with Crippen molar-refractivity contribution < 1.29 is 29.0 Å². The topological polar surface area (TPSA) is 96.4 Å². The zero-order valence-corrected chi connectivity index (χ0v) is 20.9. The second-order valence-corrected chi connectivity index (χ2v) is 10.2. The average Bonchev–Trinajstić information content (AvgIpc) is 3.41. The molecule has 3 saturated heterocycles. The van der Waals surface area contributed by atoms with Crippen LogP contribution < -0.4 is 0 Å². The molecule has 1 unspecified atom stereocenters. The first kappa shape index (κ1) is 24.9. The van der Waals surface area contributed by atoms with E-state index < -0.39 is 35.6 Å². The van der Waals surface area contributed by atoms with Crippen molar-refractivity contribution >= 4 is 33.7 Å². The van der Waals surface area contributed by atoms with Gasteiger partial charge in [-0.05, 0) is 25.3 Å². The van der Waals surface area contributed by atoms with Crippen LogP contribution in [-0.4, -0.2) is 81.6 Å². The van der Waals surface area contributed by atoms with Gasteiger partial charge in [0.2, 0.25) is 11.8 Å². The quantitative estimate of drug-likeness (QED) is 0.280. The van der Waals surface area contributed by atoms with Crippen LogP contribution in [-0.2, 0) is 30.4 Å². The molecule has 0 saturated carbocycles. The Bertz CT molecular complexity index is 943. The molecular weight excluding hydrogens is 504 g/mol. The molecular formula is C25H31BrN2O6. The summed E-state index contributed by atoms with van der Waals surface area (Å²) < 4.78 is 11.7.